The predicted molar refractivity (Wildman–Crippen MR) is 84.7 cm³/mol. The SMILES string of the molecule is CC(C)(c1cccc(-c2ccccc2)n1)C1CCCC1. The molecule has 2 aromatic rings. The molecule has 1 heteroatoms. The van der Waals surface area contributed by atoms with E-state index in [1.165, 1.54) is 36.9 Å². The molecule has 1 fully saturated rings. The molecule has 1 nitrogen and oxygen atoms in total. The number of rotatable bonds is 3. The van der Waals surface area contributed by atoms with Crippen LogP contribution in [0.15, 0.2) is 48.5 Å². The quantitative estimate of drug-likeness (QED) is 0.741. The Labute approximate surface area is 122 Å². The highest BCUT2D eigenvalue weighted by molar-refractivity contribution is 5.59. The number of aromatic nitrogens is 1. The standard InChI is InChI=1S/C19H23N/c1-19(2,16-11-6-7-12-16)18-14-8-13-17(20-18)15-9-4-3-5-10-15/h3-5,8-10,13-14,16H,6-7,11-12H2,1-2H3. The molecule has 0 N–H and O–H groups in total. The van der Waals surface area contributed by atoms with Crippen molar-refractivity contribution in [3.8, 4) is 11.3 Å². The Hall–Kier alpha value is -1.63. The second-order valence-corrected chi connectivity index (χ2v) is 6.48. The maximum atomic E-state index is 4.96. The summed E-state index contributed by atoms with van der Waals surface area (Å²) < 4.78 is 0. The molecule has 1 aromatic heterocycles. The van der Waals surface area contributed by atoms with Gasteiger partial charge in [0.2, 0.25) is 0 Å². The molecule has 20 heavy (non-hydrogen) atoms. The maximum absolute atomic E-state index is 4.96. The number of pyridine rings is 1. The Kier molecular flexibility index (Phi) is 3.60. The van der Waals surface area contributed by atoms with Gasteiger partial charge in [0.25, 0.3) is 0 Å². The normalized spacial score (nSPS) is 16.5. The fourth-order valence-electron chi connectivity index (χ4n) is 3.42. The van der Waals surface area contributed by atoms with Gasteiger partial charge in [0.05, 0.1) is 5.69 Å². The molecule has 0 aliphatic heterocycles. The van der Waals surface area contributed by atoms with E-state index in [0.717, 1.165) is 11.6 Å². The number of benzene rings is 1. The van der Waals surface area contributed by atoms with Crippen LogP contribution in [0.5, 0.6) is 0 Å². The molecular formula is C19H23N. The van der Waals surface area contributed by atoms with Gasteiger partial charge in [-0.25, -0.2) is 0 Å². The Morgan fingerprint density at radius 3 is 2.30 bits per heavy atom. The first kappa shape index (κ1) is 13.4. The van der Waals surface area contributed by atoms with E-state index < -0.39 is 0 Å². The van der Waals surface area contributed by atoms with Crippen LogP contribution in [0, 0.1) is 5.92 Å². The van der Waals surface area contributed by atoms with Crippen molar-refractivity contribution in [2.24, 2.45) is 5.92 Å². The van der Waals surface area contributed by atoms with Crippen LogP contribution in [-0.2, 0) is 5.41 Å². The van der Waals surface area contributed by atoms with Gasteiger partial charge in [0.15, 0.2) is 0 Å². The first-order valence-corrected chi connectivity index (χ1v) is 7.71. The van der Waals surface area contributed by atoms with Crippen molar-refractivity contribution in [2.45, 2.75) is 44.9 Å². The second-order valence-electron chi connectivity index (χ2n) is 6.48. The number of hydrogen-bond acceptors (Lipinski definition) is 1. The summed E-state index contributed by atoms with van der Waals surface area (Å²) in [7, 11) is 0. The molecular weight excluding hydrogens is 242 g/mol. The zero-order valence-electron chi connectivity index (χ0n) is 12.5. The smallest absolute Gasteiger partial charge is 0.0705 e. The average molecular weight is 265 g/mol. The van der Waals surface area contributed by atoms with Gasteiger partial charge in [0.1, 0.15) is 0 Å². The fraction of sp³-hybridized carbons (Fsp3) is 0.421. The lowest BCUT2D eigenvalue weighted by atomic mass is 9.75. The summed E-state index contributed by atoms with van der Waals surface area (Å²) in [5.41, 5.74) is 3.72. The maximum Gasteiger partial charge on any atom is 0.0705 e. The molecule has 0 spiro atoms. The zero-order valence-corrected chi connectivity index (χ0v) is 12.5. The van der Waals surface area contributed by atoms with Gasteiger partial charge >= 0.3 is 0 Å². The van der Waals surface area contributed by atoms with Gasteiger partial charge < -0.3 is 0 Å². The minimum atomic E-state index is 0.182. The number of nitrogens with zero attached hydrogens (tertiary/aromatic N) is 1. The summed E-state index contributed by atoms with van der Waals surface area (Å²) in [6, 6.07) is 16.9. The van der Waals surface area contributed by atoms with Crippen LogP contribution in [0.1, 0.15) is 45.2 Å². The topological polar surface area (TPSA) is 12.9 Å². The molecule has 1 aromatic carbocycles. The first-order chi connectivity index (χ1) is 9.68. The molecule has 0 bridgehead atoms. The van der Waals surface area contributed by atoms with Crippen molar-refractivity contribution < 1.29 is 0 Å². The summed E-state index contributed by atoms with van der Waals surface area (Å²) in [5.74, 6) is 0.779. The third-order valence-electron chi connectivity index (χ3n) is 4.85. The average Bonchev–Trinajstić information content (AvgIpc) is 3.03. The van der Waals surface area contributed by atoms with Crippen LogP contribution >= 0.6 is 0 Å². The lowest BCUT2D eigenvalue weighted by molar-refractivity contribution is 0.317. The van der Waals surface area contributed by atoms with E-state index in [4.69, 9.17) is 4.98 Å². The van der Waals surface area contributed by atoms with E-state index in [2.05, 4.69) is 62.4 Å². The molecule has 104 valence electrons. The Balaban J connectivity index is 1.95. The van der Waals surface area contributed by atoms with Gasteiger partial charge in [-0.1, -0.05) is 63.1 Å². The van der Waals surface area contributed by atoms with Crippen LogP contribution in [-0.4, -0.2) is 4.98 Å². The Morgan fingerprint density at radius 2 is 1.60 bits per heavy atom. The molecule has 0 unspecified atom stereocenters. The van der Waals surface area contributed by atoms with Gasteiger partial charge in [-0.2, -0.15) is 0 Å². The Bertz CT molecular complexity index is 565. The van der Waals surface area contributed by atoms with Crippen molar-refractivity contribution in [2.75, 3.05) is 0 Å². The highest BCUT2D eigenvalue weighted by atomic mass is 14.7. The van der Waals surface area contributed by atoms with Crippen LogP contribution in [0.25, 0.3) is 11.3 Å². The molecule has 1 heterocycles. The molecule has 1 aliphatic carbocycles. The number of hydrogen-bond donors (Lipinski definition) is 0. The highest BCUT2D eigenvalue weighted by Crippen LogP contribution is 2.41. The largest absolute Gasteiger partial charge is 0.252 e. The van der Waals surface area contributed by atoms with E-state index in [-0.39, 0.29) is 5.41 Å². The summed E-state index contributed by atoms with van der Waals surface area (Å²) in [4.78, 5) is 4.96. The van der Waals surface area contributed by atoms with Crippen molar-refractivity contribution in [3.05, 3.63) is 54.2 Å². The molecule has 1 aliphatic rings. The third-order valence-corrected chi connectivity index (χ3v) is 4.85. The second kappa shape index (κ2) is 5.40. The third kappa shape index (κ3) is 2.49. The lowest BCUT2D eigenvalue weighted by Crippen LogP contribution is -2.28. The molecule has 0 saturated heterocycles. The fourth-order valence-corrected chi connectivity index (χ4v) is 3.42. The van der Waals surface area contributed by atoms with Crippen LogP contribution in [0.4, 0.5) is 0 Å². The van der Waals surface area contributed by atoms with Crippen LogP contribution in [0.2, 0.25) is 0 Å². The van der Waals surface area contributed by atoms with E-state index in [1.807, 2.05) is 0 Å². The lowest BCUT2D eigenvalue weighted by Gasteiger charge is -2.31. The van der Waals surface area contributed by atoms with Crippen molar-refractivity contribution in [1.29, 1.82) is 0 Å². The molecule has 1 saturated carbocycles. The first-order valence-electron chi connectivity index (χ1n) is 7.71. The molecule has 0 atom stereocenters. The summed E-state index contributed by atoms with van der Waals surface area (Å²) in [6.07, 6.45) is 5.47. The van der Waals surface area contributed by atoms with E-state index in [1.54, 1.807) is 0 Å². The van der Waals surface area contributed by atoms with E-state index in [9.17, 15) is 0 Å². The van der Waals surface area contributed by atoms with E-state index >= 15 is 0 Å². The summed E-state index contributed by atoms with van der Waals surface area (Å²) in [5, 5.41) is 0. The van der Waals surface area contributed by atoms with Crippen LogP contribution in [0.3, 0.4) is 0 Å². The van der Waals surface area contributed by atoms with Gasteiger partial charge in [-0.3, -0.25) is 4.98 Å². The zero-order chi connectivity index (χ0) is 14.0. The van der Waals surface area contributed by atoms with E-state index in [0.29, 0.717) is 0 Å². The van der Waals surface area contributed by atoms with Crippen LogP contribution < -0.4 is 0 Å². The minimum absolute atomic E-state index is 0.182. The van der Waals surface area contributed by atoms with Gasteiger partial charge in [0, 0.05) is 16.7 Å². The molecule has 3 rings (SSSR count). The van der Waals surface area contributed by atoms with Crippen molar-refractivity contribution >= 4 is 0 Å². The molecule has 0 amide bonds. The van der Waals surface area contributed by atoms with Crippen molar-refractivity contribution in [3.63, 3.8) is 0 Å². The summed E-state index contributed by atoms with van der Waals surface area (Å²) >= 11 is 0. The van der Waals surface area contributed by atoms with Gasteiger partial charge in [-0.15, -0.1) is 0 Å². The molecule has 0 radical (unpaired) electrons. The Morgan fingerprint density at radius 1 is 0.900 bits per heavy atom. The van der Waals surface area contributed by atoms with Gasteiger partial charge in [-0.05, 0) is 30.9 Å². The van der Waals surface area contributed by atoms with Crippen molar-refractivity contribution in [1.82, 2.24) is 4.98 Å². The monoisotopic (exact) mass is 265 g/mol. The predicted octanol–water partition coefficient (Wildman–Crippen LogP) is 5.22. The minimum Gasteiger partial charge on any atom is -0.252 e. The highest BCUT2D eigenvalue weighted by Gasteiger charge is 2.34. The summed E-state index contributed by atoms with van der Waals surface area (Å²) in [6.45, 7) is 4.72.